The summed E-state index contributed by atoms with van der Waals surface area (Å²) in [5.41, 5.74) is -0.795. The number of fused-ring (bicyclic) bond motifs is 1. The van der Waals surface area contributed by atoms with Crippen molar-refractivity contribution in [3.8, 4) is 0 Å². The molecule has 4 rings (SSSR count). The molecule has 1 aliphatic heterocycles. The van der Waals surface area contributed by atoms with E-state index in [9.17, 15) is 14.4 Å². The maximum atomic E-state index is 12.9. The van der Waals surface area contributed by atoms with Crippen molar-refractivity contribution >= 4 is 33.7 Å². The summed E-state index contributed by atoms with van der Waals surface area (Å²) in [6, 6.07) is 8.76. The third-order valence-electron chi connectivity index (χ3n) is 5.73. The summed E-state index contributed by atoms with van der Waals surface area (Å²) < 4.78 is 11.0. The zero-order valence-corrected chi connectivity index (χ0v) is 15.6. The summed E-state index contributed by atoms with van der Waals surface area (Å²) in [5, 5.41) is 0. The number of rotatable bonds is 4. The fourth-order valence-corrected chi connectivity index (χ4v) is 5.64. The average Bonchev–Trinajstić information content (AvgIpc) is 3.18. The molecular weight excluding hydrogens is 388 g/mol. The molecule has 1 heterocycles. The molecule has 25 heavy (non-hydrogen) atoms. The first kappa shape index (κ1) is 16.8. The van der Waals surface area contributed by atoms with Crippen LogP contribution in [-0.2, 0) is 19.1 Å². The van der Waals surface area contributed by atoms with Crippen molar-refractivity contribution in [2.45, 2.75) is 36.8 Å². The van der Waals surface area contributed by atoms with Gasteiger partial charge in [0.25, 0.3) is 0 Å². The number of hydrogen-bond donors (Lipinski definition) is 0. The van der Waals surface area contributed by atoms with E-state index in [1.54, 1.807) is 38.1 Å². The minimum Gasteiger partial charge on any atom is -0.461 e. The van der Waals surface area contributed by atoms with E-state index < -0.39 is 23.4 Å². The smallest absolute Gasteiger partial charge is 0.311 e. The molecule has 0 unspecified atom stereocenters. The van der Waals surface area contributed by atoms with E-state index in [-0.39, 0.29) is 34.5 Å². The fraction of sp³-hybridized carbons (Fsp3) is 0.526. The van der Waals surface area contributed by atoms with Crippen LogP contribution < -0.4 is 0 Å². The van der Waals surface area contributed by atoms with Gasteiger partial charge in [-0.2, -0.15) is 0 Å². The first-order valence-corrected chi connectivity index (χ1v) is 9.40. The first-order chi connectivity index (χ1) is 11.8. The number of esters is 2. The molecule has 2 saturated carbocycles. The largest absolute Gasteiger partial charge is 0.461 e. The number of halogens is 1. The molecule has 0 amide bonds. The van der Waals surface area contributed by atoms with Crippen LogP contribution in [0, 0.1) is 23.7 Å². The van der Waals surface area contributed by atoms with Gasteiger partial charge in [0.1, 0.15) is 6.10 Å². The van der Waals surface area contributed by atoms with E-state index >= 15 is 0 Å². The SMILES string of the molecule is CC(C)(OC(=O)[C@@H]1[C@H]2C[C@H]3[C@H](OC(=O)[C@@H]31)[C@@H]2Br)C(=O)c1ccccc1. The van der Waals surface area contributed by atoms with Crippen molar-refractivity contribution < 1.29 is 23.9 Å². The zero-order chi connectivity index (χ0) is 17.9. The highest BCUT2D eigenvalue weighted by Gasteiger charge is 2.68. The van der Waals surface area contributed by atoms with Crippen LogP contribution in [0.2, 0.25) is 0 Å². The topological polar surface area (TPSA) is 69.7 Å². The second-order valence-corrected chi connectivity index (χ2v) is 8.64. The number of hydrogen-bond acceptors (Lipinski definition) is 5. The lowest BCUT2D eigenvalue weighted by Crippen LogP contribution is -2.44. The summed E-state index contributed by atoms with van der Waals surface area (Å²) in [6.45, 7) is 3.18. The third kappa shape index (κ3) is 2.45. The molecule has 0 spiro atoms. The Bertz CT molecular complexity index is 743. The molecule has 132 valence electrons. The summed E-state index contributed by atoms with van der Waals surface area (Å²) in [6.07, 6.45) is 0.648. The maximum absolute atomic E-state index is 12.9. The standard InChI is InChI=1S/C19H19BrO5/c1-19(2,16(21)9-6-4-3-5-7-9)25-18(23)12-10-8-11-13(12)17(22)24-15(11)14(10)20/h3-7,10-15H,8H2,1-2H3/t10-,11-,12-,13+,14-,15+/m1/s1. The normalized spacial score (nSPS) is 35.6. The van der Waals surface area contributed by atoms with Crippen LogP contribution in [0.25, 0.3) is 0 Å². The molecule has 1 aromatic rings. The number of carbonyl (C=O) groups excluding carboxylic acids is 3. The van der Waals surface area contributed by atoms with Crippen LogP contribution in [0.5, 0.6) is 0 Å². The number of Topliss-reactive ketones (excluding diaryl/α,β-unsaturated/α-hetero) is 1. The molecule has 0 aromatic heterocycles. The van der Waals surface area contributed by atoms with Crippen molar-refractivity contribution in [1.82, 2.24) is 0 Å². The fourth-order valence-electron chi connectivity index (χ4n) is 4.60. The Kier molecular flexibility index (Phi) is 3.79. The van der Waals surface area contributed by atoms with Gasteiger partial charge in [-0.15, -0.1) is 0 Å². The lowest BCUT2D eigenvalue weighted by Gasteiger charge is -2.31. The molecule has 2 bridgehead atoms. The van der Waals surface area contributed by atoms with Crippen LogP contribution in [0.1, 0.15) is 30.6 Å². The quantitative estimate of drug-likeness (QED) is 0.436. The molecule has 5 nitrogen and oxygen atoms in total. The van der Waals surface area contributed by atoms with Gasteiger partial charge in [-0.1, -0.05) is 46.3 Å². The molecule has 3 aliphatic rings. The molecule has 1 aromatic carbocycles. The van der Waals surface area contributed by atoms with Crippen LogP contribution in [0.3, 0.4) is 0 Å². The predicted octanol–water partition coefficient (Wildman–Crippen LogP) is 2.76. The van der Waals surface area contributed by atoms with Crippen molar-refractivity contribution in [3.05, 3.63) is 35.9 Å². The summed E-state index contributed by atoms with van der Waals surface area (Å²) >= 11 is 3.58. The van der Waals surface area contributed by atoms with Gasteiger partial charge in [-0.25, -0.2) is 0 Å². The predicted molar refractivity (Wildman–Crippen MR) is 92.1 cm³/mol. The Labute approximate surface area is 154 Å². The first-order valence-electron chi connectivity index (χ1n) is 8.48. The molecule has 1 saturated heterocycles. The van der Waals surface area contributed by atoms with Crippen molar-refractivity contribution in [3.63, 3.8) is 0 Å². The van der Waals surface area contributed by atoms with E-state index in [0.29, 0.717) is 5.56 Å². The van der Waals surface area contributed by atoms with E-state index in [0.717, 1.165) is 6.42 Å². The number of ketones is 1. The van der Waals surface area contributed by atoms with Gasteiger partial charge >= 0.3 is 11.9 Å². The molecule has 6 heteroatoms. The van der Waals surface area contributed by atoms with E-state index in [1.165, 1.54) is 0 Å². The van der Waals surface area contributed by atoms with Crippen LogP contribution in [0.15, 0.2) is 30.3 Å². The second-order valence-electron chi connectivity index (χ2n) is 7.59. The van der Waals surface area contributed by atoms with Gasteiger partial charge in [0.05, 0.1) is 16.7 Å². The maximum Gasteiger partial charge on any atom is 0.311 e. The van der Waals surface area contributed by atoms with Gasteiger partial charge in [-0.3, -0.25) is 14.4 Å². The Hall–Kier alpha value is -1.69. The molecule has 3 fully saturated rings. The van der Waals surface area contributed by atoms with Crippen molar-refractivity contribution in [2.24, 2.45) is 23.7 Å². The lowest BCUT2D eigenvalue weighted by atomic mass is 9.80. The van der Waals surface area contributed by atoms with Crippen molar-refractivity contribution in [1.29, 1.82) is 0 Å². The van der Waals surface area contributed by atoms with Gasteiger partial charge in [0.2, 0.25) is 5.78 Å². The van der Waals surface area contributed by atoms with Gasteiger partial charge in [-0.05, 0) is 26.2 Å². The van der Waals surface area contributed by atoms with E-state index in [4.69, 9.17) is 9.47 Å². The number of benzene rings is 1. The number of carbonyl (C=O) groups is 3. The summed E-state index contributed by atoms with van der Waals surface area (Å²) in [4.78, 5) is 37.7. The third-order valence-corrected chi connectivity index (χ3v) is 6.93. The van der Waals surface area contributed by atoms with Crippen LogP contribution in [-0.4, -0.2) is 34.3 Å². The van der Waals surface area contributed by atoms with Crippen LogP contribution >= 0.6 is 15.9 Å². The minimum absolute atomic E-state index is 0.0153. The molecule has 2 aliphatic carbocycles. The molecule has 0 N–H and O–H groups in total. The van der Waals surface area contributed by atoms with E-state index in [1.807, 2.05) is 6.07 Å². The molecule has 6 atom stereocenters. The molecule has 0 radical (unpaired) electrons. The summed E-state index contributed by atoms with van der Waals surface area (Å²) in [7, 11) is 0. The Morgan fingerprint density at radius 1 is 1.20 bits per heavy atom. The highest BCUT2D eigenvalue weighted by Crippen LogP contribution is 2.60. The monoisotopic (exact) mass is 406 g/mol. The van der Waals surface area contributed by atoms with Gasteiger partial charge in [0, 0.05) is 11.5 Å². The zero-order valence-electron chi connectivity index (χ0n) is 14.0. The van der Waals surface area contributed by atoms with E-state index in [2.05, 4.69) is 15.9 Å². The molecular formula is C19H19BrO5. The van der Waals surface area contributed by atoms with Gasteiger partial charge in [0.15, 0.2) is 5.60 Å². The second kappa shape index (κ2) is 5.66. The minimum atomic E-state index is -1.29. The number of ether oxygens (including phenoxy) is 2. The Morgan fingerprint density at radius 2 is 1.88 bits per heavy atom. The lowest BCUT2D eigenvalue weighted by molar-refractivity contribution is -0.163. The average molecular weight is 407 g/mol. The highest BCUT2D eigenvalue weighted by atomic mass is 79.9. The van der Waals surface area contributed by atoms with Gasteiger partial charge < -0.3 is 9.47 Å². The van der Waals surface area contributed by atoms with Crippen LogP contribution in [0.4, 0.5) is 0 Å². The highest BCUT2D eigenvalue weighted by molar-refractivity contribution is 9.09. The Balaban J connectivity index is 1.54. The van der Waals surface area contributed by atoms with Crippen molar-refractivity contribution in [2.75, 3.05) is 0 Å². The Morgan fingerprint density at radius 3 is 2.56 bits per heavy atom. The number of alkyl halides is 1. The summed E-state index contributed by atoms with van der Waals surface area (Å²) in [5.74, 6) is -1.93.